The van der Waals surface area contributed by atoms with Gasteiger partial charge in [-0.2, -0.15) is 0 Å². The Kier molecular flexibility index (Phi) is 5.32. The first kappa shape index (κ1) is 20.4. The van der Waals surface area contributed by atoms with Crippen LogP contribution in [0.1, 0.15) is 25.5 Å². The van der Waals surface area contributed by atoms with E-state index in [9.17, 15) is 27.9 Å². The van der Waals surface area contributed by atoms with Gasteiger partial charge in [0.2, 0.25) is 0 Å². The van der Waals surface area contributed by atoms with Crippen molar-refractivity contribution >= 4 is 17.4 Å². The lowest BCUT2D eigenvalue weighted by Crippen LogP contribution is -2.31. The summed E-state index contributed by atoms with van der Waals surface area (Å²) in [6, 6.07) is 6.87. The van der Waals surface area contributed by atoms with Crippen LogP contribution < -0.4 is 9.64 Å². The normalized spacial score (nSPS) is 17.2. The van der Waals surface area contributed by atoms with Gasteiger partial charge in [-0.15, -0.1) is 13.2 Å². The quantitative estimate of drug-likeness (QED) is 0.809. The zero-order valence-corrected chi connectivity index (χ0v) is 15.5. The van der Waals surface area contributed by atoms with E-state index in [-0.39, 0.29) is 11.3 Å². The summed E-state index contributed by atoms with van der Waals surface area (Å²) in [5, 5.41) is 10.4. The van der Waals surface area contributed by atoms with Gasteiger partial charge in [0, 0.05) is 24.0 Å². The van der Waals surface area contributed by atoms with E-state index in [1.165, 1.54) is 24.5 Å². The first-order valence-corrected chi connectivity index (χ1v) is 8.66. The lowest BCUT2D eigenvalue weighted by Gasteiger charge is -2.27. The smallest absolute Gasteiger partial charge is 0.503 e. The Morgan fingerprint density at radius 2 is 1.72 bits per heavy atom. The highest BCUT2D eigenvalue weighted by atomic mass is 19.4. The number of nitrogens with zero attached hydrogens (tertiary/aromatic N) is 2. The third-order valence-electron chi connectivity index (χ3n) is 4.37. The molecule has 0 saturated carbocycles. The third kappa shape index (κ3) is 4.08. The number of ketones is 1. The van der Waals surface area contributed by atoms with Crippen LogP contribution in [0.25, 0.3) is 0 Å². The number of pyridine rings is 1. The Labute approximate surface area is 164 Å². The zero-order valence-electron chi connectivity index (χ0n) is 15.5. The van der Waals surface area contributed by atoms with E-state index in [0.29, 0.717) is 5.56 Å². The van der Waals surface area contributed by atoms with Crippen LogP contribution in [-0.4, -0.2) is 28.1 Å². The molecule has 6 nitrogen and oxygen atoms in total. The summed E-state index contributed by atoms with van der Waals surface area (Å²) in [6.07, 6.45) is -1.89. The first-order valence-electron chi connectivity index (χ1n) is 8.66. The molecule has 2 aromatic rings. The molecule has 3 rings (SSSR count). The number of aliphatic hydroxyl groups is 1. The Hall–Kier alpha value is -3.36. The molecule has 0 spiro atoms. The number of carbonyl (C=O) groups excluding carboxylic acids is 2. The molecule has 1 unspecified atom stereocenters. The standard InChI is InChI=1S/C20H17F3N2O4/c1-11(2)17(26)15-16(12-7-9-24-10-8-12)25(19(28)18(15)27)13-3-5-14(6-4-13)29-20(21,22)23/h3-11,16,27H,1-2H3. The Morgan fingerprint density at radius 1 is 1.14 bits per heavy atom. The highest BCUT2D eigenvalue weighted by Gasteiger charge is 2.44. The Morgan fingerprint density at radius 3 is 2.24 bits per heavy atom. The number of Topliss-reactive ketones (excluding diaryl/α,β-unsaturated/α-hetero) is 1. The fourth-order valence-electron chi connectivity index (χ4n) is 3.10. The van der Waals surface area contributed by atoms with Crippen LogP contribution in [0.2, 0.25) is 0 Å². The predicted molar refractivity (Wildman–Crippen MR) is 97.1 cm³/mol. The summed E-state index contributed by atoms with van der Waals surface area (Å²) >= 11 is 0. The summed E-state index contributed by atoms with van der Waals surface area (Å²) in [5.41, 5.74) is 0.660. The van der Waals surface area contributed by atoms with Crippen molar-refractivity contribution in [1.29, 1.82) is 0 Å². The van der Waals surface area contributed by atoms with Crippen molar-refractivity contribution in [2.24, 2.45) is 5.92 Å². The lowest BCUT2D eigenvalue weighted by atomic mass is 9.91. The molecular formula is C20H17F3N2O4. The number of halogens is 3. The molecule has 29 heavy (non-hydrogen) atoms. The average Bonchev–Trinajstić information content (AvgIpc) is 2.92. The second kappa shape index (κ2) is 7.57. The van der Waals surface area contributed by atoms with Crippen molar-refractivity contribution in [2.75, 3.05) is 4.90 Å². The number of carbonyl (C=O) groups is 2. The van der Waals surface area contributed by atoms with E-state index in [2.05, 4.69) is 9.72 Å². The molecule has 2 heterocycles. The highest BCUT2D eigenvalue weighted by molar-refractivity contribution is 6.16. The Bertz CT molecular complexity index is 954. The van der Waals surface area contributed by atoms with E-state index in [1.54, 1.807) is 26.0 Å². The molecule has 1 amide bonds. The number of alkyl halides is 3. The molecule has 0 bridgehead atoms. The van der Waals surface area contributed by atoms with Crippen molar-refractivity contribution in [2.45, 2.75) is 26.3 Å². The molecule has 0 aliphatic carbocycles. The maximum atomic E-state index is 12.8. The van der Waals surface area contributed by atoms with Crippen LogP contribution in [0.15, 0.2) is 60.1 Å². The van der Waals surface area contributed by atoms with E-state index in [0.717, 1.165) is 17.0 Å². The van der Waals surface area contributed by atoms with E-state index < -0.39 is 41.5 Å². The van der Waals surface area contributed by atoms with Crippen LogP contribution in [0.3, 0.4) is 0 Å². The largest absolute Gasteiger partial charge is 0.573 e. The number of hydrogen-bond donors (Lipinski definition) is 1. The zero-order chi connectivity index (χ0) is 21.3. The highest BCUT2D eigenvalue weighted by Crippen LogP contribution is 2.42. The fraction of sp³-hybridized carbons (Fsp3) is 0.250. The summed E-state index contributed by atoms with van der Waals surface area (Å²) in [4.78, 5) is 30.6. The molecule has 1 aliphatic rings. The summed E-state index contributed by atoms with van der Waals surface area (Å²) in [7, 11) is 0. The monoisotopic (exact) mass is 406 g/mol. The summed E-state index contributed by atoms with van der Waals surface area (Å²) < 4.78 is 41.0. The van der Waals surface area contributed by atoms with Gasteiger partial charge in [0.05, 0.1) is 11.6 Å². The van der Waals surface area contributed by atoms with Crippen molar-refractivity contribution in [3.8, 4) is 5.75 Å². The number of aromatic nitrogens is 1. The number of benzene rings is 1. The van der Waals surface area contributed by atoms with Crippen LogP contribution >= 0.6 is 0 Å². The van der Waals surface area contributed by atoms with Gasteiger partial charge < -0.3 is 9.84 Å². The number of aliphatic hydroxyl groups excluding tert-OH is 1. The van der Waals surface area contributed by atoms with Crippen LogP contribution in [-0.2, 0) is 9.59 Å². The molecule has 1 aliphatic heterocycles. The van der Waals surface area contributed by atoms with Crippen LogP contribution in [0.4, 0.5) is 18.9 Å². The van der Waals surface area contributed by atoms with Crippen molar-refractivity contribution in [3.63, 3.8) is 0 Å². The lowest BCUT2D eigenvalue weighted by molar-refractivity contribution is -0.274. The molecule has 152 valence electrons. The summed E-state index contributed by atoms with van der Waals surface area (Å²) in [5.74, 6) is -2.84. The predicted octanol–water partition coefficient (Wildman–Crippen LogP) is 4.11. The van der Waals surface area contributed by atoms with Gasteiger partial charge >= 0.3 is 6.36 Å². The Balaban J connectivity index is 2.06. The van der Waals surface area contributed by atoms with Crippen molar-refractivity contribution < 1.29 is 32.6 Å². The first-order chi connectivity index (χ1) is 13.6. The molecule has 9 heteroatoms. The number of amides is 1. The van der Waals surface area contributed by atoms with Gasteiger partial charge in [0.15, 0.2) is 11.5 Å². The minimum absolute atomic E-state index is 0.0631. The van der Waals surface area contributed by atoms with Crippen LogP contribution in [0.5, 0.6) is 5.75 Å². The summed E-state index contributed by atoms with van der Waals surface area (Å²) in [6.45, 7) is 3.28. The minimum atomic E-state index is -4.85. The van der Waals surface area contributed by atoms with E-state index in [4.69, 9.17) is 0 Å². The maximum absolute atomic E-state index is 12.8. The maximum Gasteiger partial charge on any atom is 0.573 e. The third-order valence-corrected chi connectivity index (χ3v) is 4.37. The van der Waals surface area contributed by atoms with Crippen molar-refractivity contribution in [1.82, 2.24) is 4.98 Å². The average molecular weight is 406 g/mol. The molecule has 0 radical (unpaired) electrons. The number of anilines is 1. The van der Waals surface area contributed by atoms with Crippen molar-refractivity contribution in [3.05, 3.63) is 65.7 Å². The topological polar surface area (TPSA) is 79.7 Å². The van der Waals surface area contributed by atoms with Gasteiger partial charge in [-0.3, -0.25) is 19.5 Å². The molecule has 1 aromatic carbocycles. The molecule has 1 N–H and O–H groups in total. The van der Waals surface area contributed by atoms with Crippen LogP contribution in [0, 0.1) is 5.92 Å². The SMILES string of the molecule is CC(C)C(=O)C1=C(O)C(=O)N(c2ccc(OC(F)(F)F)cc2)C1c1ccncc1. The minimum Gasteiger partial charge on any atom is -0.503 e. The van der Waals surface area contributed by atoms with Gasteiger partial charge in [0.25, 0.3) is 5.91 Å². The molecule has 1 atom stereocenters. The number of ether oxygens (including phenoxy) is 1. The second-order valence-electron chi connectivity index (χ2n) is 6.68. The van der Waals surface area contributed by atoms with Gasteiger partial charge in [-0.1, -0.05) is 13.8 Å². The number of rotatable bonds is 5. The second-order valence-corrected chi connectivity index (χ2v) is 6.68. The van der Waals surface area contributed by atoms with Gasteiger partial charge in [-0.25, -0.2) is 0 Å². The van der Waals surface area contributed by atoms with Gasteiger partial charge in [0.1, 0.15) is 5.75 Å². The molecule has 1 aromatic heterocycles. The van der Waals surface area contributed by atoms with Gasteiger partial charge in [-0.05, 0) is 42.0 Å². The number of hydrogen-bond acceptors (Lipinski definition) is 5. The molecule has 0 fully saturated rings. The molecule has 0 saturated heterocycles. The fourth-order valence-corrected chi connectivity index (χ4v) is 3.10. The molecular weight excluding hydrogens is 389 g/mol. The van der Waals surface area contributed by atoms with E-state index in [1.807, 2.05) is 0 Å². The van der Waals surface area contributed by atoms with E-state index >= 15 is 0 Å².